The fourth-order valence-electron chi connectivity index (χ4n) is 3.65. The van der Waals surface area contributed by atoms with Crippen LogP contribution in [0.15, 0.2) is 47.7 Å². The van der Waals surface area contributed by atoms with Gasteiger partial charge in [0.15, 0.2) is 0 Å². The first kappa shape index (κ1) is 20.9. The molecule has 1 unspecified atom stereocenters. The van der Waals surface area contributed by atoms with Gasteiger partial charge in [0.1, 0.15) is 11.7 Å². The van der Waals surface area contributed by atoms with Crippen molar-refractivity contribution in [2.75, 3.05) is 0 Å². The lowest BCUT2D eigenvalue weighted by Gasteiger charge is -2.22. The van der Waals surface area contributed by atoms with Crippen molar-refractivity contribution in [2.45, 2.75) is 31.7 Å². The van der Waals surface area contributed by atoms with Gasteiger partial charge in [-0.05, 0) is 36.6 Å². The number of rotatable bonds is 4. The second kappa shape index (κ2) is 8.81. The average Bonchev–Trinajstić information content (AvgIpc) is 2.78. The summed E-state index contributed by atoms with van der Waals surface area (Å²) in [5, 5.41) is 2.59. The van der Waals surface area contributed by atoms with Crippen LogP contribution >= 0.6 is 0 Å². The van der Waals surface area contributed by atoms with Crippen LogP contribution in [-0.2, 0) is 16.0 Å². The van der Waals surface area contributed by atoms with Gasteiger partial charge >= 0.3 is 0 Å². The maximum atomic E-state index is 13.0. The van der Waals surface area contributed by atoms with Crippen molar-refractivity contribution in [1.82, 2.24) is 19.9 Å². The Morgan fingerprint density at radius 1 is 1.19 bits per heavy atom. The quantitative estimate of drug-likeness (QED) is 0.466. The molecule has 3 heterocycles. The van der Waals surface area contributed by atoms with Crippen molar-refractivity contribution >= 4 is 28.6 Å². The molecule has 9 heteroatoms. The first-order valence-electron chi connectivity index (χ1n) is 10.0. The van der Waals surface area contributed by atoms with Gasteiger partial charge in [-0.3, -0.25) is 34.0 Å². The summed E-state index contributed by atoms with van der Waals surface area (Å²) in [5.74, 6) is 4.62. The molecule has 0 aliphatic carbocycles. The summed E-state index contributed by atoms with van der Waals surface area (Å²) in [5.41, 5.74) is 6.95. The summed E-state index contributed by atoms with van der Waals surface area (Å²) in [6.45, 7) is 0. The number of pyridine rings is 1. The Morgan fingerprint density at radius 2 is 2.03 bits per heavy atom. The van der Waals surface area contributed by atoms with Gasteiger partial charge in [0.2, 0.25) is 11.8 Å². The number of primary amides is 1. The van der Waals surface area contributed by atoms with Crippen LogP contribution in [0.2, 0.25) is 0 Å². The van der Waals surface area contributed by atoms with Crippen molar-refractivity contribution in [3.63, 3.8) is 0 Å². The summed E-state index contributed by atoms with van der Waals surface area (Å²) in [6.07, 6.45) is 4.21. The zero-order valence-electron chi connectivity index (χ0n) is 17.0. The predicted octanol–water partition coefficient (Wildman–Crippen LogP) is 0.852. The van der Waals surface area contributed by atoms with Crippen molar-refractivity contribution in [1.29, 1.82) is 0 Å². The molecular formula is C23H19N5O4. The summed E-state index contributed by atoms with van der Waals surface area (Å²) >= 11 is 0. The first-order valence-corrected chi connectivity index (χ1v) is 10.0. The third-order valence-electron chi connectivity index (χ3n) is 5.23. The monoisotopic (exact) mass is 429 g/mol. The lowest BCUT2D eigenvalue weighted by Crippen LogP contribution is -2.44. The fourth-order valence-corrected chi connectivity index (χ4v) is 3.65. The molecule has 9 nitrogen and oxygen atoms in total. The highest BCUT2D eigenvalue weighted by Gasteiger charge is 2.29. The third-order valence-corrected chi connectivity index (χ3v) is 5.23. The molecule has 1 saturated heterocycles. The average molecular weight is 429 g/mol. The van der Waals surface area contributed by atoms with Gasteiger partial charge in [-0.1, -0.05) is 24.0 Å². The smallest absolute Gasteiger partial charge is 0.267 e. The van der Waals surface area contributed by atoms with Crippen LogP contribution in [0.25, 0.3) is 10.9 Å². The molecule has 0 radical (unpaired) electrons. The summed E-state index contributed by atoms with van der Waals surface area (Å²) in [4.78, 5) is 56.4. The minimum atomic E-state index is -0.772. The molecule has 1 fully saturated rings. The van der Waals surface area contributed by atoms with Crippen molar-refractivity contribution < 1.29 is 14.4 Å². The molecule has 0 bridgehead atoms. The second-order valence-corrected chi connectivity index (χ2v) is 7.30. The molecular weight excluding hydrogens is 410 g/mol. The SMILES string of the molecule is NC(=O)c1ncccc1CCC#Cc1cccc2c(=O)n(C3CCC(=O)NC3=O)cnc12. The maximum absolute atomic E-state index is 13.0. The molecule has 0 saturated carbocycles. The van der Waals surface area contributed by atoms with E-state index in [1.807, 2.05) is 0 Å². The van der Waals surface area contributed by atoms with E-state index in [1.165, 1.54) is 17.1 Å². The molecule has 32 heavy (non-hydrogen) atoms. The van der Waals surface area contributed by atoms with Crippen molar-refractivity contribution in [2.24, 2.45) is 5.73 Å². The Labute approximate surface area is 182 Å². The number of aryl methyl sites for hydroxylation is 1. The number of aromatic nitrogens is 3. The zero-order valence-corrected chi connectivity index (χ0v) is 17.0. The number of hydrogen-bond donors (Lipinski definition) is 2. The van der Waals surface area contributed by atoms with E-state index in [-0.39, 0.29) is 30.0 Å². The predicted molar refractivity (Wildman–Crippen MR) is 115 cm³/mol. The van der Waals surface area contributed by atoms with Crippen LogP contribution in [0.1, 0.15) is 46.9 Å². The maximum Gasteiger partial charge on any atom is 0.267 e. The van der Waals surface area contributed by atoms with E-state index in [9.17, 15) is 19.2 Å². The van der Waals surface area contributed by atoms with Gasteiger partial charge in [-0.2, -0.15) is 0 Å². The summed E-state index contributed by atoms with van der Waals surface area (Å²) in [6, 6.07) is 7.84. The van der Waals surface area contributed by atoms with E-state index >= 15 is 0 Å². The molecule has 1 aliphatic heterocycles. The van der Waals surface area contributed by atoms with Crippen LogP contribution in [-0.4, -0.2) is 32.3 Å². The van der Waals surface area contributed by atoms with E-state index in [1.54, 1.807) is 30.3 Å². The number of piperidine rings is 1. The lowest BCUT2D eigenvalue weighted by molar-refractivity contribution is -0.135. The zero-order chi connectivity index (χ0) is 22.7. The number of benzene rings is 1. The number of fused-ring (bicyclic) bond motifs is 1. The molecule has 0 spiro atoms. The number of para-hydroxylation sites is 1. The van der Waals surface area contributed by atoms with Crippen LogP contribution in [0.4, 0.5) is 0 Å². The molecule has 3 amide bonds. The summed E-state index contributed by atoms with van der Waals surface area (Å²) in [7, 11) is 0. The molecule has 1 aromatic carbocycles. The molecule has 1 atom stereocenters. The highest BCUT2D eigenvalue weighted by atomic mass is 16.2. The van der Waals surface area contributed by atoms with Crippen LogP contribution in [0.5, 0.6) is 0 Å². The minimum absolute atomic E-state index is 0.167. The molecule has 1 aliphatic rings. The Kier molecular flexibility index (Phi) is 5.77. The van der Waals surface area contributed by atoms with Crippen LogP contribution in [0, 0.1) is 11.8 Å². The van der Waals surface area contributed by atoms with Gasteiger partial charge in [0.25, 0.3) is 11.5 Å². The number of carbonyl (C=O) groups excluding carboxylic acids is 3. The number of nitrogens with zero attached hydrogens (tertiary/aromatic N) is 3. The van der Waals surface area contributed by atoms with E-state index in [2.05, 4.69) is 27.1 Å². The number of hydrogen-bond acceptors (Lipinski definition) is 6. The Bertz CT molecular complexity index is 1370. The van der Waals surface area contributed by atoms with E-state index in [0.29, 0.717) is 29.3 Å². The Morgan fingerprint density at radius 3 is 2.81 bits per heavy atom. The second-order valence-electron chi connectivity index (χ2n) is 7.30. The van der Waals surface area contributed by atoms with Gasteiger partial charge in [-0.25, -0.2) is 4.98 Å². The molecule has 3 aromatic rings. The topological polar surface area (TPSA) is 137 Å². The number of carbonyl (C=O) groups is 3. The highest BCUT2D eigenvalue weighted by Crippen LogP contribution is 2.19. The number of nitrogens with one attached hydrogen (secondary N) is 1. The minimum Gasteiger partial charge on any atom is -0.364 e. The number of amides is 3. The largest absolute Gasteiger partial charge is 0.364 e. The van der Waals surface area contributed by atoms with Crippen LogP contribution < -0.4 is 16.6 Å². The van der Waals surface area contributed by atoms with Gasteiger partial charge in [0.05, 0.1) is 22.8 Å². The fraction of sp³-hybridized carbons (Fsp3) is 0.217. The highest BCUT2D eigenvalue weighted by molar-refractivity contribution is 5.99. The van der Waals surface area contributed by atoms with Gasteiger partial charge in [-0.15, -0.1) is 0 Å². The summed E-state index contributed by atoms with van der Waals surface area (Å²) < 4.78 is 1.26. The van der Waals surface area contributed by atoms with Crippen molar-refractivity contribution in [3.05, 3.63) is 70.0 Å². The first-order chi connectivity index (χ1) is 15.5. The number of imide groups is 1. The normalized spacial score (nSPS) is 15.7. The number of nitrogens with two attached hydrogens (primary N) is 1. The standard InChI is InChI=1S/C23H19N5O4/c24-21(30)20-15(8-4-12-25-20)6-2-1-5-14-7-3-9-16-19(14)26-13-28(23(16)32)17-10-11-18(29)27-22(17)31/h3-4,7-9,12-13,17H,2,6,10-11H2,(H2,24,30)(H,27,29,31). The Balaban J connectivity index is 1.59. The molecule has 3 N–H and O–H groups in total. The van der Waals surface area contributed by atoms with Gasteiger partial charge < -0.3 is 5.73 Å². The van der Waals surface area contributed by atoms with Crippen molar-refractivity contribution in [3.8, 4) is 11.8 Å². The molecule has 160 valence electrons. The lowest BCUT2D eigenvalue weighted by atomic mass is 10.1. The van der Waals surface area contributed by atoms with Crippen LogP contribution in [0.3, 0.4) is 0 Å². The van der Waals surface area contributed by atoms with E-state index in [0.717, 1.165) is 5.56 Å². The molecule has 2 aromatic heterocycles. The van der Waals surface area contributed by atoms with E-state index < -0.39 is 17.9 Å². The molecule has 4 rings (SSSR count). The van der Waals surface area contributed by atoms with E-state index in [4.69, 9.17) is 5.73 Å². The van der Waals surface area contributed by atoms with Gasteiger partial charge in [0, 0.05) is 19.0 Å². The third kappa shape index (κ3) is 4.11. The Hall–Kier alpha value is -4.32.